The number of hydrogen-bond acceptors (Lipinski definition) is 8. The Kier molecular flexibility index (Phi) is 7.62. The predicted octanol–water partition coefficient (Wildman–Crippen LogP) is 0.449. The molecule has 0 aliphatic carbocycles. The zero-order valence-electron chi connectivity index (χ0n) is 20.5. The van der Waals surface area contributed by atoms with Gasteiger partial charge in [-0.2, -0.15) is 0 Å². The van der Waals surface area contributed by atoms with Gasteiger partial charge in [0.25, 0.3) is 11.5 Å². The fourth-order valence-corrected chi connectivity index (χ4v) is 3.56. The molecule has 3 rings (SSSR count). The van der Waals surface area contributed by atoms with Crippen molar-refractivity contribution < 1.29 is 23.8 Å². The van der Waals surface area contributed by atoms with E-state index in [4.69, 9.17) is 14.2 Å². The van der Waals surface area contributed by atoms with E-state index in [1.54, 1.807) is 32.0 Å². The summed E-state index contributed by atoms with van der Waals surface area (Å²) in [6.45, 7) is 3.64. The number of ether oxygens (including phenoxy) is 3. The third-order valence-corrected chi connectivity index (χ3v) is 5.61. The number of aryl methyl sites for hydroxylation is 1. The lowest BCUT2D eigenvalue weighted by Crippen LogP contribution is -2.45. The number of amides is 1. The number of nitrogens with one attached hydrogen (secondary N) is 1. The molecule has 1 N–H and O–H groups in total. The van der Waals surface area contributed by atoms with Gasteiger partial charge in [0.05, 0.1) is 27.1 Å². The van der Waals surface area contributed by atoms with E-state index in [-0.39, 0.29) is 35.8 Å². The van der Waals surface area contributed by atoms with Crippen molar-refractivity contribution in [1.29, 1.82) is 0 Å². The second kappa shape index (κ2) is 10.5. The summed E-state index contributed by atoms with van der Waals surface area (Å²) in [4.78, 5) is 54.4. The van der Waals surface area contributed by atoms with E-state index in [0.717, 1.165) is 4.57 Å². The van der Waals surface area contributed by atoms with E-state index in [1.165, 1.54) is 43.8 Å². The van der Waals surface area contributed by atoms with Crippen molar-refractivity contribution in [2.24, 2.45) is 20.0 Å². The Balaban J connectivity index is 1.71. The maximum absolute atomic E-state index is 12.8. The largest absolute Gasteiger partial charge is 0.497 e. The van der Waals surface area contributed by atoms with Crippen LogP contribution in [0.5, 0.6) is 11.5 Å². The van der Waals surface area contributed by atoms with Gasteiger partial charge < -0.3 is 24.1 Å². The van der Waals surface area contributed by atoms with E-state index in [9.17, 15) is 19.2 Å². The highest BCUT2D eigenvalue weighted by atomic mass is 16.5. The van der Waals surface area contributed by atoms with Crippen LogP contribution in [-0.2, 0) is 30.2 Å². The number of imidazole rings is 1. The van der Waals surface area contributed by atoms with E-state index in [0.29, 0.717) is 11.5 Å². The summed E-state index contributed by atoms with van der Waals surface area (Å²) in [6, 6.07) is 3.81. The van der Waals surface area contributed by atoms with Crippen molar-refractivity contribution in [3.05, 3.63) is 50.9 Å². The Morgan fingerprint density at radius 1 is 1.03 bits per heavy atom. The topological polar surface area (TPSA) is 136 Å². The Morgan fingerprint density at radius 2 is 1.66 bits per heavy atom. The van der Waals surface area contributed by atoms with Crippen molar-refractivity contribution in [2.75, 3.05) is 20.8 Å². The first kappa shape index (κ1) is 25.5. The number of methoxy groups -OCH3 is 2. The molecule has 0 spiro atoms. The Morgan fingerprint density at radius 3 is 2.23 bits per heavy atom. The highest BCUT2D eigenvalue weighted by molar-refractivity contribution is 5.97. The van der Waals surface area contributed by atoms with Crippen LogP contribution >= 0.6 is 0 Å². The molecule has 2 aromatic heterocycles. The lowest BCUT2D eigenvalue weighted by atomic mass is 10.0. The molecule has 0 saturated heterocycles. The van der Waals surface area contributed by atoms with Gasteiger partial charge in [0, 0.05) is 25.7 Å². The molecule has 188 valence electrons. The SMILES string of the molecule is COc1cc(OC)cc(C(=O)N[C@H](C(=O)OCCn2cnc3c2c(=O)n(C)c(=O)n3C)C(C)C)c1. The van der Waals surface area contributed by atoms with Crippen molar-refractivity contribution >= 4 is 23.0 Å². The number of carbonyl (C=O) groups is 2. The van der Waals surface area contributed by atoms with Crippen molar-refractivity contribution in [3.8, 4) is 11.5 Å². The summed E-state index contributed by atoms with van der Waals surface area (Å²) in [5.74, 6) is -0.477. The Bertz CT molecular complexity index is 1350. The van der Waals surface area contributed by atoms with E-state index >= 15 is 0 Å². The van der Waals surface area contributed by atoms with Gasteiger partial charge in [-0.05, 0) is 18.1 Å². The number of esters is 1. The van der Waals surface area contributed by atoms with Crippen molar-refractivity contribution in [3.63, 3.8) is 0 Å². The molecular formula is C23H29N5O7. The zero-order chi connectivity index (χ0) is 25.9. The number of hydrogen-bond donors (Lipinski definition) is 1. The Labute approximate surface area is 201 Å². The lowest BCUT2D eigenvalue weighted by Gasteiger charge is -2.21. The van der Waals surface area contributed by atoms with Gasteiger partial charge in [-0.1, -0.05) is 13.8 Å². The second-order valence-corrected chi connectivity index (χ2v) is 8.28. The quantitative estimate of drug-likeness (QED) is 0.430. The van der Waals surface area contributed by atoms with Crippen LogP contribution in [0.2, 0.25) is 0 Å². The summed E-state index contributed by atoms with van der Waals surface area (Å²) >= 11 is 0. The molecule has 0 saturated carbocycles. The van der Waals surface area contributed by atoms with Crippen LogP contribution in [0.1, 0.15) is 24.2 Å². The monoisotopic (exact) mass is 487 g/mol. The summed E-state index contributed by atoms with van der Waals surface area (Å²) in [5, 5.41) is 2.70. The molecule has 0 unspecified atom stereocenters. The first-order valence-corrected chi connectivity index (χ1v) is 10.9. The van der Waals surface area contributed by atoms with Crippen LogP contribution in [0, 0.1) is 5.92 Å². The molecule has 1 amide bonds. The highest BCUT2D eigenvalue weighted by Gasteiger charge is 2.27. The van der Waals surface area contributed by atoms with Crippen LogP contribution in [-0.4, -0.2) is 57.4 Å². The Hall–Kier alpha value is -4.09. The maximum atomic E-state index is 12.8. The first-order valence-electron chi connectivity index (χ1n) is 10.9. The first-order chi connectivity index (χ1) is 16.6. The van der Waals surface area contributed by atoms with Gasteiger partial charge in [0.2, 0.25) is 0 Å². The van der Waals surface area contributed by atoms with Crippen LogP contribution in [0.4, 0.5) is 0 Å². The number of carbonyl (C=O) groups excluding carboxylic acids is 2. The van der Waals surface area contributed by atoms with E-state index in [2.05, 4.69) is 10.3 Å². The van der Waals surface area contributed by atoms with Crippen LogP contribution < -0.4 is 26.0 Å². The minimum Gasteiger partial charge on any atom is -0.497 e. The van der Waals surface area contributed by atoms with Crippen LogP contribution in [0.15, 0.2) is 34.1 Å². The molecule has 12 heteroatoms. The van der Waals surface area contributed by atoms with Gasteiger partial charge in [0.1, 0.15) is 24.1 Å². The smallest absolute Gasteiger partial charge is 0.332 e. The number of rotatable bonds is 9. The van der Waals surface area contributed by atoms with Gasteiger partial charge >= 0.3 is 11.7 Å². The fraction of sp³-hybridized carbons (Fsp3) is 0.435. The predicted molar refractivity (Wildman–Crippen MR) is 127 cm³/mol. The summed E-state index contributed by atoms with van der Waals surface area (Å²) in [7, 11) is 5.86. The fourth-order valence-electron chi connectivity index (χ4n) is 3.56. The van der Waals surface area contributed by atoms with Gasteiger partial charge in [-0.25, -0.2) is 14.6 Å². The third-order valence-electron chi connectivity index (χ3n) is 5.61. The average Bonchev–Trinajstić information content (AvgIpc) is 3.27. The standard InChI is InChI=1S/C23H29N5O7/c1-13(2)17(25-20(29)14-9-15(33-5)11-16(10-14)34-6)22(31)35-8-7-28-12-24-19-18(28)21(30)27(4)23(32)26(19)3/h9-13,17H,7-8H2,1-6H3,(H,25,29)/t17-/m0/s1. The molecule has 35 heavy (non-hydrogen) atoms. The normalized spacial score (nSPS) is 12.0. The van der Waals surface area contributed by atoms with Crippen molar-refractivity contribution in [2.45, 2.75) is 26.4 Å². The highest BCUT2D eigenvalue weighted by Crippen LogP contribution is 2.22. The molecule has 0 radical (unpaired) electrons. The molecule has 0 aliphatic rings. The molecule has 0 bridgehead atoms. The molecule has 0 fully saturated rings. The molecule has 1 atom stereocenters. The molecule has 1 aromatic carbocycles. The minimum absolute atomic E-state index is 0.0671. The number of aromatic nitrogens is 4. The van der Waals surface area contributed by atoms with Crippen LogP contribution in [0.25, 0.3) is 11.2 Å². The van der Waals surface area contributed by atoms with Crippen LogP contribution in [0.3, 0.4) is 0 Å². The van der Waals surface area contributed by atoms with Crippen molar-refractivity contribution in [1.82, 2.24) is 24.0 Å². The van der Waals surface area contributed by atoms with Gasteiger partial charge in [-0.3, -0.25) is 18.7 Å². The molecule has 0 aliphatic heterocycles. The second-order valence-electron chi connectivity index (χ2n) is 8.28. The molecular weight excluding hydrogens is 458 g/mol. The van der Waals surface area contributed by atoms with Gasteiger partial charge in [-0.15, -0.1) is 0 Å². The van der Waals surface area contributed by atoms with E-state index < -0.39 is 29.2 Å². The molecule has 2 heterocycles. The summed E-state index contributed by atoms with van der Waals surface area (Å²) in [6.07, 6.45) is 1.41. The maximum Gasteiger partial charge on any atom is 0.332 e. The summed E-state index contributed by atoms with van der Waals surface area (Å²) in [5.41, 5.74) is -0.237. The molecule has 12 nitrogen and oxygen atoms in total. The molecule has 3 aromatic rings. The number of nitrogens with zero attached hydrogens (tertiary/aromatic N) is 4. The third kappa shape index (κ3) is 5.20. The van der Waals surface area contributed by atoms with Gasteiger partial charge in [0.15, 0.2) is 11.2 Å². The minimum atomic E-state index is -0.909. The number of benzene rings is 1. The summed E-state index contributed by atoms with van der Waals surface area (Å²) < 4.78 is 19.6. The average molecular weight is 488 g/mol. The zero-order valence-corrected chi connectivity index (χ0v) is 20.5. The van der Waals surface area contributed by atoms with E-state index in [1.807, 2.05) is 0 Å². The number of fused-ring (bicyclic) bond motifs is 1. The lowest BCUT2D eigenvalue weighted by molar-refractivity contribution is -0.147.